The van der Waals surface area contributed by atoms with Crippen molar-refractivity contribution in [1.29, 1.82) is 0 Å². The van der Waals surface area contributed by atoms with Gasteiger partial charge in [-0.25, -0.2) is 14.6 Å². The first-order chi connectivity index (χ1) is 11.6. The molecule has 0 saturated carbocycles. The monoisotopic (exact) mass is 339 g/mol. The van der Waals surface area contributed by atoms with E-state index in [9.17, 15) is 9.59 Å². The summed E-state index contributed by atoms with van der Waals surface area (Å²) in [5.41, 5.74) is 4.90. The van der Waals surface area contributed by atoms with Crippen molar-refractivity contribution < 1.29 is 4.79 Å². The van der Waals surface area contributed by atoms with Crippen molar-refractivity contribution in [3.63, 3.8) is 0 Å². The number of fused-ring (bicyclic) bond motifs is 2. The van der Waals surface area contributed by atoms with E-state index in [0.29, 0.717) is 20.7 Å². The van der Waals surface area contributed by atoms with Crippen LogP contribution in [0, 0.1) is 6.92 Å². The molecule has 4 rings (SSSR count). The Bertz CT molecular complexity index is 1150. The van der Waals surface area contributed by atoms with Crippen LogP contribution in [0.25, 0.3) is 21.3 Å². The zero-order valence-electron chi connectivity index (χ0n) is 13.0. The van der Waals surface area contributed by atoms with E-state index in [1.807, 2.05) is 24.3 Å². The van der Waals surface area contributed by atoms with Gasteiger partial charge in [-0.2, -0.15) is 0 Å². The van der Waals surface area contributed by atoms with Gasteiger partial charge < -0.3 is 4.57 Å². The minimum Gasteiger partial charge on any atom is -0.302 e. The predicted molar refractivity (Wildman–Crippen MR) is 93.0 cm³/mol. The third-order valence-corrected chi connectivity index (χ3v) is 5.09. The fourth-order valence-electron chi connectivity index (χ4n) is 2.63. The molecule has 0 aliphatic rings. The van der Waals surface area contributed by atoms with Gasteiger partial charge in [-0.05, 0) is 24.6 Å². The second kappa shape index (κ2) is 5.27. The molecule has 3 aromatic heterocycles. The van der Waals surface area contributed by atoms with Crippen LogP contribution in [-0.4, -0.2) is 25.1 Å². The zero-order chi connectivity index (χ0) is 16.8. The SMILES string of the molecule is Cc1c(C(=O)Nn2cnc3ccccc32)sc2ncn(C)c(=O)c12. The van der Waals surface area contributed by atoms with Gasteiger partial charge in [0.25, 0.3) is 11.5 Å². The molecule has 0 aliphatic heterocycles. The summed E-state index contributed by atoms with van der Waals surface area (Å²) in [5.74, 6) is -0.291. The molecule has 0 saturated heterocycles. The minimum atomic E-state index is -0.291. The molecule has 0 atom stereocenters. The fourth-order valence-corrected chi connectivity index (χ4v) is 3.66. The lowest BCUT2D eigenvalue weighted by atomic mass is 10.2. The summed E-state index contributed by atoms with van der Waals surface area (Å²) < 4.78 is 2.99. The van der Waals surface area contributed by atoms with E-state index < -0.39 is 0 Å². The van der Waals surface area contributed by atoms with Crippen LogP contribution in [0.3, 0.4) is 0 Å². The lowest BCUT2D eigenvalue weighted by molar-refractivity contribution is 0.101. The molecule has 8 heteroatoms. The van der Waals surface area contributed by atoms with Crippen LogP contribution in [0.1, 0.15) is 15.2 Å². The normalized spacial score (nSPS) is 11.2. The average Bonchev–Trinajstić information content (AvgIpc) is 3.13. The molecule has 7 nitrogen and oxygen atoms in total. The Morgan fingerprint density at radius 3 is 2.83 bits per heavy atom. The molecule has 120 valence electrons. The molecular formula is C16H13N5O2S. The molecule has 1 N–H and O–H groups in total. The largest absolute Gasteiger partial charge is 0.302 e. The Kier molecular flexibility index (Phi) is 3.20. The molecule has 4 aromatic rings. The standard InChI is InChI=1S/C16H13N5O2S/c1-9-12-15(18-7-20(2)16(12)23)24-13(9)14(22)19-21-8-17-10-5-3-4-6-11(10)21/h3-8H,1-2H3,(H,19,22). The van der Waals surface area contributed by atoms with Gasteiger partial charge in [-0.15, -0.1) is 11.3 Å². The minimum absolute atomic E-state index is 0.152. The number of amides is 1. The van der Waals surface area contributed by atoms with Gasteiger partial charge in [0.1, 0.15) is 11.2 Å². The van der Waals surface area contributed by atoms with E-state index in [-0.39, 0.29) is 11.5 Å². The van der Waals surface area contributed by atoms with Gasteiger partial charge in [0.05, 0.1) is 27.6 Å². The number of para-hydroxylation sites is 2. The van der Waals surface area contributed by atoms with Crippen molar-refractivity contribution in [2.24, 2.45) is 7.05 Å². The number of hydrogen-bond donors (Lipinski definition) is 1. The lowest BCUT2D eigenvalue weighted by Crippen LogP contribution is -2.22. The van der Waals surface area contributed by atoms with Crippen LogP contribution in [0.2, 0.25) is 0 Å². The highest BCUT2D eigenvalue weighted by Crippen LogP contribution is 2.26. The molecule has 1 amide bonds. The number of imidazole rings is 1. The van der Waals surface area contributed by atoms with Crippen LogP contribution < -0.4 is 11.0 Å². The third-order valence-electron chi connectivity index (χ3n) is 3.89. The third kappa shape index (κ3) is 2.11. The Hall–Kier alpha value is -3.00. The maximum atomic E-state index is 12.7. The molecule has 0 spiro atoms. The Balaban J connectivity index is 1.78. The van der Waals surface area contributed by atoms with Gasteiger partial charge in [0.2, 0.25) is 0 Å². The second-order valence-electron chi connectivity index (χ2n) is 5.44. The highest BCUT2D eigenvalue weighted by atomic mass is 32.1. The lowest BCUT2D eigenvalue weighted by Gasteiger charge is -2.06. The van der Waals surface area contributed by atoms with Gasteiger partial charge in [-0.1, -0.05) is 12.1 Å². The van der Waals surface area contributed by atoms with E-state index in [2.05, 4.69) is 15.4 Å². The highest BCUT2D eigenvalue weighted by Gasteiger charge is 2.19. The molecule has 0 aliphatic carbocycles. The van der Waals surface area contributed by atoms with Crippen molar-refractivity contribution in [1.82, 2.24) is 19.2 Å². The summed E-state index contributed by atoms with van der Waals surface area (Å²) in [6.07, 6.45) is 3.02. The number of aryl methyl sites for hydroxylation is 2. The summed E-state index contributed by atoms with van der Waals surface area (Å²) in [5, 5.41) is 0.491. The summed E-state index contributed by atoms with van der Waals surface area (Å²) in [4.78, 5) is 34.4. The van der Waals surface area contributed by atoms with E-state index in [0.717, 1.165) is 11.0 Å². The van der Waals surface area contributed by atoms with Crippen molar-refractivity contribution in [3.05, 3.63) is 57.7 Å². The van der Waals surface area contributed by atoms with Crippen molar-refractivity contribution in [2.75, 3.05) is 5.43 Å². The topological polar surface area (TPSA) is 81.8 Å². The first-order valence-corrected chi connectivity index (χ1v) is 8.06. The van der Waals surface area contributed by atoms with Crippen LogP contribution in [0.15, 0.2) is 41.7 Å². The Morgan fingerprint density at radius 1 is 1.21 bits per heavy atom. The van der Waals surface area contributed by atoms with E-state index in [4.69, 9.17) is 0 Å². The molecular weight excluding hydrogens is 326 g/mol. The molecule has 24 heavy (non-hydrogen) atoms. The van der Waals surface area contributed by atoms with Crippen LogP contribution >= 0.6 is 11.3 Å². The highest BCUT2D eigenvalue weighted by molar-refractivity contribution is 7.20. The van der Waals surface area contributed by atoms with Gasteiger partial charge in [0.15, 0.2) is 0 Å². The molecule has 0 radical (unpaired) electrons. The number of hydrogen-bond acceptors (Lipinski definition) is 5. The first kappa shape index (κ1) is 14.6. The predicted octanol–water partition coefficient (Wildman–Crippen LogP) is 2.04. The van der Waals surface area contributed by atoms with E-state index in [1.165, 1.54) is 22.2 Å². The number of nitrogens with zero attached hydrogens (tertiary/aromatic N) is 4. The quantitative estimate of drug-likeness (QED) is 0.606. The second-order valence-corrected chi connectivity index (χ2v) is 6.44. The zero-order valence-corrected chi connectivity index (χ0v) is 13.8. The Morgan fingerprint density at radius 2 is 2.00 bits per heavy atom. The van der Waals surface area contributed by atoms with E-state index >= 15 is 0 Å². The number of thiophene rings is 1. The maximum Gasteiger partial charge on any atom is 0.280 e. The van der Waals surface area contributed by atoms with Crippen LogP contribution in [0.4, 0.5) is 0 Å². The van der Waals surface area contributed by atoms with Crippen molar-refractivity contribution in [2.45, 2.75) is 6.92 Å². The molecule has 0 unspecified atom stereocenters. The number of carbonyl (C=O) groups excluding carboxylic acids is 1. The molecule has 0 bridgehead atoms. The summed E-state index contributed by atoms with van der Waals surface area (Å²) in [7, 11) is 1.64. The number of benzene rings is 1. The number of nitrogens with one attached hydrogen (secondary N) is 1. The van der Waals surface area contributed by atoms with Crippen LogP contribution in [0.5, 0.6) is 0 Å². The molecule has 1 aromatic carbocycles. The molecule has 3 heterocycles. The summed E-state index contributed by atoms with van der Waals surface area (Å²) in [6, 6.07) is 7.51. The van der Waals surface area contributed by atoms with Crippen molar-refractivity contribution >= 4 is 38.5 Å². The Labute approximate surface area is 140 Å². The van der Waals surface area contributed by atoms with Crippen molar-refractivity contribution in [3.8, 4) is 0 Å². The smallest absolute Gasteiger partial charge is 0.280 e. The first-order valence-electron chi connectivity index (χ1n) is 7.24. The molecule has 0 fully saturated rings. The maximum absolute atomic E-state index is 12.7. The van der Waals surface area contributed by atoms with Gasteiger partial charge >= 0.3 is 0 Å². The summed E-state index contributed by atoms with van der Waals surface area (Å²) >= 11 is 1.21. The average molecular weight is 339 g/mol. The van der Waals surface area contributed by atoms with E-state index in [1.54, 1.807) is 25.0 Å². The van der Waals surface area contributed by atoms with Crippen LogP contribution in [-0.2, 0) is 7.05 Å². The number of rotatable bonds is 2. The summed E-state index contributed by atoms with van der Waals surface area (Å²) in [6.45, 7) is 1.77. The van der Waals surface area contributed by atoms with Gasteiger partial charge in [0, 0.05) is 7.05 Å². The number of aromatic nitrogens is 4. The fraction of sp³-hybridized carbons (Fsp3) is 0.125. The van der Waals surface area contributed by atoms with Gasteiger partial charge in [-0.3, -0.25) is 15.0 Å². The number of carbonyl (C=O) groups is 1.